The van der Waals surface area contributed by atoms with Crippen molar-refractivity contribution in [3.63, 3.8) is 0 Å². The summed E-state index contributed by atoms with van der Waals surface area (Å²) in [5.74, 6) is 0.496. The fourth-order valence-corrected chi connectivity index (χ4v) is 1.05. The van der Waals surface area contributed by atoms with Crippen LogP contribution in [0, 0.1) is 17.0 Å². The van der Waals surface area contributed by atoms with E-state index in [1.165, 1.54) is 12.3 Å². The maximum absolute atomic E-state index is 10.6. The Kier molecular flexibility index (Phi) is 3.38. The molecule has 1 N–H and O–H groups in total. The van der Waals surface area contributed by atoms with Gasteiger partial charge in [0.2, 0.25) is 0 Å². The first-order valence-corrected chi connectivity index (χ1v) is 4.50. The highest BCUT2D eigenvalue weighted by Gasteiger charge is 2.11. The van der Waals surface area contributed by atoms with Gasteiger partial charge in [0.1, 0.15) is 5.82 Å². The Morgan fingerprint density at radius 1 is 1.73 bits per heavy atom. The van der Waals surface area contributed by atoms with Crippen LogP contribution in [0.4, 0.5) is 11.5 Å². The average Bonchev–Trinajstić information content (AvgIpc) is 2.16. The van der Waals surface area contributed by atoms with E-state index in [0.717, 1.165) is 5.57 Å². The highest BCUT2D eigenvalue weighted by Crippen LogP contribution is 2.19. The smallest absolute Gasteiger partial charge is 0.277 e. The third kappa shape index (κ3) is 3.05. The lowest BCUT2D eigenvalue weighted by molar-refractivity contribution is -0.385. The molecule has 0 saturated carbocycles. The predicted octanol–water partition coefficient (Wildman–Crippen LogP) is 2.29. The minimum Gasteiger partial charge on any atom is -0.366 e. The zero-order valence-electron chi connectivity index (χ0n) is 8.78. The van der Waals surface area contributed by atoms with Crippen LogP contribution in [0.2, 0.25) is 0 Å². The van der Waals surface area contributed by atoms with E-state index in [0.29, 0.717) is 17.9 Å². The van der Waals surface area contributed by atoms with Gasteiger partial charge < -0.3 is 5.32 Å². The molecule has 1 heterocycles. The van der Waals surface area contributed by atoms with Crippen LogP contribution in [0.25, 0.3) is 0 Å². The molecular formula is C10H13N3O2. The van der Waals surface area contributed by atoms with Gasteiger partial charge in [-0.1, -0.05) is 12.2 Å². The van der Waals surface area contributed by atoms with Crippen LogP contribution in [0.15, 0.2) is 24.4 Å². The van der Waals surface area contributed by atoms with Crippen LogP contribution in [0.5, 0.6) is 0 Å². The van der Waals surface area contributed by atoms with Crippen molar-refractivity contribution in [2.75, 3.05) is 11.9 Å². The molecule has 0 amide bonds. The number of pyridine rings is 1. The molecule has 0 bridgehead atoms. The van der Waals surface area contributed by atoms with Crippen molar-refractivity contribution in [2.45, 2.75) is 13.8 Å². The van der Waals surface area contributed by atoms with Gasteiger partial charge in [0.05, 0.1) is 11.0 Å². The van der Waals surface area contributed by atoms with E-state index in [1.807, 2.05) is 6.92 Å². The van der Waals surface area contributed by atoms with Crippen LogP contribution >= 0.6 is 0 Å². The van der Waals surface area contributed by atoms with Crippen LogP contribution in [-0.4, -0.2) is 16.5 Å². The van der Waals surface area contributed by atoms with Crippen LogP contribution in [0.3, 0.4) is 0 Å². The van der Waals surface area contributed by atoms with E-state index in [-0.39, 0.29) is 5.69 Å². The number of hydrogen-bond acceptors (Lipinski definition) is 4. The molecule has 5 nitrogen and oxygen atoms in total. The standard InChI is InChI=1S/C10H13N3O2/c1-7(2)5-11-10-4-9(13(14)15)8(3)6-12-10/h4,6H,1,5H2,2-3H3,(H,11,12). The molecule has 1 aromatic rings. The fraction of sp³-hybridized carbons (Fsp3) is 0.300. The van der Waals surface area contributed by atoms with Crippen molar-refractivity contribution < 1.29 is 4.92 Å². The van der Waals surface area contributed by atoms with Gasteiger partial charge in [-0.05, 0) is 13.8 Å². The molecule has 0 aromatic carbocycles. The molecule has 1 rings (SSSR count). The first-order valence-electron chi connectivity index (χ1n) is 4.50. The molecule has 5 heteroatoms. The van der Waals surface area contributed by atoms with Crippen molar-refractivity contribution in [3.8, 4) is 0 Å². The summed E-state index contributed by atoms with van der Waals surface area (Å²) in [7, 11) is 0. The SMILES string of the molecule is C=C(C)CNc1cc([N+](=O)[O-])c(C)cn1. The van der Waals surface area contributed by atoms with Gasteiger partial charge in [-0.15, -0.1) is 0 Å². The van der Waals surface area contributed by atoms with Crippen LogP contribution in [-0.2, 0) is 0 Å². The lowest BCUT2D eigenvalue weighted by atomic mass is 10.2. The van der Waals surface area contributed by atoms with Crippen molar-refractivity contribution in [1.82, 2.24) is 4.98 Å². The van der Waals surface area contributed by atoms with Crippen LogP contribution < -0.4 is 5.32 Å². The summed E-state index contributed by atoms with van der Waals surface area (Å²) in [5, 5.41) is 13.6. The first-order chi connectivity index (χ1) is 7.00. The van der Waals surface area contributed by atoms with Crippen LogP contribution in [0.1, 0.15) is 12.5 Å². The van der Waals surface area contributed by atoms with Gasteiger partial charge >= 0.3 is 0 Å². The predicted molar refractivity (Wildman–Crippen MR) is 58.9 cm³/mol. The molecule has 0 aliphatic carbocycles. The van der Waals surface area contributed by atoms with Crippen molar-refractivity contribution in [2.24, 2.45) is 0 Å². The second-order valence-electron chi connectivity index (χ2n) is 3.42. The van der Waals surface area contributed by atoms with Gasteiger partial charge in [0.25, 0.3) is 5.69 Å². The summed E-state index contributed by atoms with van der Waals surface area (Å²) in [5.41, 5.74) is 1.58. The van der Waals surface area contributed by atoms with Crippen molar-refractivity contribution in [1.29, 1.82) is 0 Å². The molecule has 0 aliphatic rings. The largest absolute Gasteiger partial charge is 0.366 e. The maximum Gasteiger partial charge on any atom is 0.277 e. The monoisotopic (exact) mass is 207 g/mol. The fourth-order valence-electron chi connectivity index (χ4n) is 1.05. The summed E-state index contributed by atoms with van der Waals surface area (Å²) < 4.78 is 0. The molecule has 1 aromatic heterocycles. The number of nitrogens with zero attached hydrogens (tertiary/aromatic N) is 2. The van der Waals surface area contributed by atoms with Gasteiger partial charge in [0, 0.05) is 18.3 Å². The Balaban J connectivity index is 2.87. The van der Waals surface area contributed by atoms with E-state index in [1.54, 1.807) is 6.92 Å². The van der Waals surface area contributed by atoms with Gasteiger partial charge in [0.15, 0.2) is 0 Å². The average molecular weight is 207 g/mol. The van der Waals surface area contributed by atoms with E-state index < -0.39 is 4.92 Å². The number of anilines is 1. The minimum absolute atomic E-state index is 0.0780. The Bertz CT molecular complexity index is 402. The van der Waals surface area contributed by atoms with Crippen molar-refractivity contribution >= 4 is 11.5 Å². The second-order valence-corrected chi connectivity index (χ2v) is 3.42. The minimum atomic E-state index is -0.414. The number of nitro groups is 1. The summed E-state index contributed by atoms with van der Waals surface area (Å²) in [4.78, 5) is 14.3. The van der Waals surface area contributed by atoms with E-state index in [9.17, 15) is 10.1 Å². The molecule has 0 spiro atoms. The lowest BCUT2D eigenvalue weighted by Crippen LogP contribution is -2.04. The van der Waals surface area contributed by atoms with Gasteiger partial charge in [-0.2, -0.15) is 0 Å². The number of nitrogens with one attached hydrogen (secondary N) is 1. The Morgan fingerprint density at radius 3 is 2.93 bits per heavy atom. The Morgan fingerprint density at radius 2 is 2.40 bits per heavy atom. The summed E-state index contributed by atoms with van der Waals surface area (Å²) in [6.07, 6.45) is 1.49. The zero-order valence-corrected chi connectivity index (χ0v) is 8.78. The highest BCUT2D eigenvalue weighted by atomic mass is 16.6. The molecule has 80 valence electrons. The Hall–Kier alpha value is -1.91. The number of aryl methyl sites for hydroxylation is 1. The molecule has 0 unspecified atom stereocenters. The molecule has 0 saturated heterocycles. The number of rotatable bonds is 4. The number of hydrogen-bond donors (Lipinski definition) is 1. The molecular weight excluding hydrogens is 194 g/mol. The van der Waals surface area contributed by atoms with Crippen molar-refractivity contribution in [3.05, 3.63) is 40.1 Å². The van der Waals surface area contributed by atoms with Gasteiger partial charge in [-0.25, -0.2) is 4.98 Å². The summed E-state index contributed by atoms with van der Waals surface area (Å²) in [6, 6.07) is 1.43. The first kappa shape index (κ1) is 11.2. The molecule has 15 heavy (non-hydrogen) atoms. The van der Waals surface area contributed by atoms with E-state index in [2.05, 4.69) is 16.9 Å². The second kappa shape index (κ2) is 4.54. The zero-order chi connectivity index (χ0) is 11.4. The Labute approximate surface area is 88.0 Å². The topological polar surface area (TPSA) is 68.1 Å². The third-order valence-electron chi connectivity index (χ3n) is 1.84. The highest BCUT2D eigenvalue weighted by molar-refractivity contribution is 5.49. The third-order valence-corrected chi connectivity index (χ3v) is 1.84. The summed E-state index contributed by atoms with van der Waals surface area (Å²) in [6.45, 7) is 7.81. The van der Waals surface area contributed by atoms with E-state index >= 15 is 0 Å². The molecule has 0 fully saturated rings. The normalized spacial score (nSPS) is 9.73. The molecule has 0 aliphatic heterocycles. The maximum atomic E-state index is 10.6. The number of aromatic nitrogens is 1. The molecule has 0 atom stereocenters. The lowest BCUT2D eigenvalue weighted by Gasteiger charge is -2.05. The quantitative estimate of drug-likeness (QED) is 0.467. The van der Waals surface area contributed by atoms with E-state index in [4.69, 9.17) is 0 Å². The molecule has 0 radical (unpaired) electrons. The van der Waals surface area contributed by atoms with Gasteiger partial charge in [-0.3, -0.25) is 10.1 Å². The summed E-state index contributed by atoms with van der Waals surface area (Å²) >= 11 is 0.